The fourth-order valence-corrected chi connectivity index (χ4v) is 7.26. The van der Waals surface area contributed by atoms with E-state index in [0.717, 1.165) is 0 Å². The summed E-state index contributed by atoms with van der Waals surface area (Å²) in [5.41, 5.74) is 0.0632. The lowest BCUT2D eigenvalue weighted by Crippen LogP contribution is -2.54. The molecule has 6 aromatic rings. The fraction of sp³-hybridized carbons (Fsp3) is 0.0513. The predicted octanol–water partition coefficient (Wildman–Crippen LogP) is 9.30. The van der Waals surface area contributed by atoms with E-state index in [0.29, 0.717) is 22.6 Å². The molecule has 6 aromatic carbocycles. The molecule has 4 N–H and O–H groups in total. The number of hydrogen-bond acceptors (Lipinski definition) is 7. The Morgan fingerprint density at radius 3 is 1.52 bits per heavy atom. The Balaban J connectivity index is 1.47. The Morgan fingerprint density at radius 1 is 0.542 bits per heavy atom. The molecule has 0 atom stereocenters. The van der Waals surface area contributed by atoms with Crippen molar-refractivity contribution >= 4 is 29.0 Å². The van der Waals surface area contributed by atoms with Crippen LogP contribution in [0, 0.1) is 0 Å². The molecular formula is C39H26Cl2O7. The zero-order chi connectivity index (χ0) is 33.6. The number of fused-ring (bicyclic) bond motifs is 1. The molecule has 0 bridgehead atoms. The van der Waals surface area contributed by atoms with Crippen molar-refractivity contribution in [2.45, 2.75) is 9.75 Å². The smallest absolute Gasteiger partial charge is 0.193 e. The standard InChI is InChI=1S/C39H26Cl2O7/c40-39(41)35-29(37(46)23-11-15-26(42)16-12-23)17-20-32(45)36(35)38(39,24-13-18-30(43)33(21-24)47-27-7-3-1-4-8-27)25-14-19-31(44)34(22-25)48-28-9-5-2-6-10-28/h1-22,42-45H. The number of carbonyl (C=O) groups excluding carboxylic acids is 1. The predicted molar refractivity (Wildman–Crippen MR) is 182 cm³/mol. The maximum absolute atomic E-state index is 13.9. The second-order valence-corrected chi connectivity index (χ2v) is 12.6. The number of benzene rings is 6. The molecule has 7 rings (SSSR count). The highest BCUT2D eigenvalue weighted by atomic mass is 35.5. The summed E-state index contributed by atoms with van der Waals surface area (Å²) in [6.07, 6.45) is 0. The van der Waals surface area contributed by atoms with Gasteiger partial charge in [0.25, 0.3) is 0 Å². The van der Waals surface area contributed by atoms with Crippen molar-refractivity contribution in [2.24, 2.45) is 0 Å². The Kier molecular flexibility index (Phi) is 7.66. The summed E-state index contributed by atoms with van der Waals surface area (Å²) in [5.74, 6) is 0.155. The van der Waals surface area contributed by atoms with E-state index in [1.165, 1.54) is 48.5 Å². The average Bonchev–Trinajstić information content (AvgIpc) is 3.09. The van der Waals surface area contributed by atoms with Gasteiger partial charge < -0.3 is 29.9 Å². The summed E-state index contributed by atoms with van der Waals surface area (Å²) in [6, 6.07) is 35.6. The molecular weight excluding hydrogens is 651 g/mol. The van der Waals surface area contributed by atoms with Crippen molar-refractivity contribution in [2.75, 3.05) is 0 Å². The van der Waals surface area contributed by atoms with Gasteiger partial charge in [0.15, 0.2) is 33.1 Å². The highest BCUT2D eigenvalue weighted by Gasteiger charge is 2.67. The van der Waals surface area contributed by atoms with Crippen LogP contribution >= 0.6 is 23.2 Å². The van der Waals surface area contributed by atoms with E-state index < -0.39 is 15.5 Å². The monoisotopic (exact) mass is 676 g/mol. The third-order valence-corrected chi connectivity index (χ3v) is 9.39. The van der Waals surface area contributed by atoms with E-state index in [2.05, 4.69) is 0 Å². The van der Waals surface area contributed by atoms with Gasteiger partial charge in [-0.25, -0.2) is 0 Å². The molecule has 238 valence electrons. The maximum atomic E-state index is 13.9. The normalized spacial score (nSPS) is 14.0. The van der Waals surface area contributed by atoms with Crippen LogP contribution in [-0.4, -0.2) is 26.2 Å². The number of hydrogen-bond donors (Lipinski definition) is 4. The van der Waals surface area contributed by atoms with Gasteiger partial charge in [-0.2, -0.15) is 0 Å². The first-order valence-electron chi connectivity index (χ1n) is 14.8. The Hall–Kier alpha value is -5.63. The second kappa shape index (κ2) is 11.9. The lowest BCUT2D eigenvalue weighted by molar-refractivity contribution is 0.103. The summed E-state index contributed by atoms with van der Waals surface area (Å²) in [4.78, 5) is 13.9. The summed E-state index contributed by atoms with van der Waals surface area (Å²) in [6.45, 7) is 0. The van der Waals surface area contributed by atoms with E-state index in [-0.39, 0.29) is 56.8 Å². The van der Waals surface area contributed by atoms with Gasteiger partial charge in [0.1, 0.15) is 23.0 Å². The third-order valence-electron chi connectivity index (χ3n) is 8.45. The molecule has 1 aliphatic carbocycles. The molecule has 48 heavy (non-hydrogen) atoms. The molecule has 0 amide bonds. The minimum absolute atomic E-state index is 0.00461. The number of rotatable bonds is 8. The lowest BCUT2D eigenvalue weighted by atomic mass is 9.54. The molecule has 0 heterocycles. The molecule has 0 saturated heterocycles. The van der Waals surface area contributed by atoms with E-state index in [1.807, 2.05) is 12.1 Å². The quantitative estimate of drug-likeness (QED) is 0.0937. The van der Waals surface area contributed by atoms with Crippen LogP contribution in [0.15, 0.2) is 133 Å². The van der Waals surface area contributed by atoms with Gasteiger partial charge in [-0.1, -0.05) is 71.7 Å². The minimum Gasteiger partial charge on any atom is -0.508 e. The summed E-state index contributed by atoms with van der Waals surface area (Å²) < 4.78 is 10.2. The number of aromatic hydroxyl groups is 4. The van der Waals surface area contributed by atoms with Crippen LogP contribution in [0.5, 0.6) is 46.0 Å². The van der Waals surface area contributed by atoms with Gasteiger partial charge in [0.05, 0.1) is 5.41 Å². The summed E-state index contributed by atoms with van der Waals surface area (Å²) in [5, 5.41) is 43.0. The van der Waals surface area contributed by atoms with Gasteiger partial charge in [0.2, 0.25) is 0 Å². The van der Waals surface area contributed by atoms with Crippen LogP contribution < -0.4 is 9.47 Å². The zero-order valence-electron chi connectivity index (χ0n) is 25.0. The highest BCUT2D eigenvalue weighted by molar-refractivity contribution is 6.51. The second-order valence-electron chi connectivity index (χ2n) is 11.3. The van der Waals surface area contributed by atoms with E-state index >= 15 is 0 Å². The minimum atomic E-state index is -1.91. The Bertz CT molecular complexity index is 2080. The summed E-state index contributed by atoms with van der Waals surface area (Å²) in [7, 11) is 0. The number of carbonyl (C=O) groups is 1. The highest BCUT2D eigenvalue weighted by Crippen LogP contribution is 2.71. The van der Waals surface area contributed by atoms with Crippen molar-refractivity contribution < 1.29 is 34.7 Å². The molecule has 9 heteroatoms. The number of alkyl halides is 2. The molecule has 1 aliphatic rings. The lowest BCUT2D eigenvalue weighted by Gasteiger charge is -2.55. The molecule has 0 aliphatic heterocycles. The fourth-order valence-electron chi connectivity index (χ4n) is 6.24. The SMILES string of the molecule is O=C(c1ccc(O)cc1)c1ccc(O)c2c1C(Cl)(Cl)C2(c1ccc(O)c(Oc2ccccc2)c1)c1ccc(O)c(Oc2ccccc2)c1. The Labute approximate surface area is 285 Å². The first-order chi connectivity index (χ1) is 23.1. The number of phenolic OH excluding ortho intramolecular Hbond substituents is 4. The molecule has 0 saturated carbocycles. The average molecular weight is 678 g/mol. The first kappa shape index (κ1) is 31.0. The molecule has 0 unspecified atom stereocenters. The van der Waals surface area contributed by atoms with Crippen molar-refractivity contribution in [1.29, 1.82) is 0 Å². The van der Waals surface area contributed by atoms with Crippen molar-refractivity contribution in [1.82, 2.24) is 0 Å². The van der Waals surface area contributed by atoms with Crippen LogP contribution in [0.2, 0.25) is 0 Å². The van der Waals surface area contributed by atoms with Crippen molar-refractivity contribution in [3.05, 3.63) is 167 Å². The van der Waals surface area contributed by atoms with Crippen LogP contribution in [0.4, 0.5) is 0 Å². The zero-order valence-corrected chi connectivity index (χ0v) is 26.5. The number of phenols is 4. The van der Waals surface area contributed by atoms with Gasteiger partial charge in [0, 0.05) is 22.3 Å². The van der Waals surface area contributed by atoms with Crippen molar-refractivity contribution in [3.63, 3.8) is 0 Å². The largest absolute Gasteiger partial charge is 0.508 e. The molecule has 0 spiro atoms. The molecule has 7 nitrogen and oxygen atoms in total. The van der Waals surface area contributed by atoms with Crippen LogP contribution in [0.25, 0.3) is 0 Å². The van der Waals surface area contributed by atoms with Crippen LogP contribution in [-0.2, 0) is 9.75 Å². The van der Waals surface area contributed by atoms with E-state index in [9.17, 15) is 25.2 Å². The number of ether oxygens (including phenoxy) is 2. The van der Waals surface area contributed by atoms with Crippen LogP contribution in [0.3, 0.4) is 0 Å². The van der Waals surface area contributed by atoms with Gasteiger partial charge in [-0.15, -0.1) is 0 Å². The third kappa shape index (κ3) is 4.96. The van der Waals surface area contributed by atoms with E-state index in [4.69, 9.17) is 32.7 Å². The maximum Gasteiger partial charge on any atom is 0.193 e. The van der Waals surface area contributed by atoms with E-state index in [1.54, 1.807) is 72.8 Å². The van der Waals surface area contributed by atoms with Crippen molar-refractivity contribution in [3.8, 4) is 46.0 Å². The number of para-hydroxylation sites is 2. The number of halogens is 2. The van der Waals surface area contributed by atoms with Gasteiger partial charge in [-0.3, -0.25) is 4.79 Å². The molecule has 0 aromatic heterocycles. The Morgan fingerprint density at radius 2 is 1.02 bits per heavy atom. The van der Waals surface area contributed by atoms with Gasteiger partial charge in [-0.05, 0) is 96.1 Å². The molecule has 0 radical (unpaired) electrons. The molecule has 0 fully saturated rings. The summed E-state index contributed by atoms with van der Waals surface area (Å²) >= 11 is 14.8. The topological polar surface area (TPSA) is 116 Å². The van der Waals surface area contributed by atoms with Gasteiger partial charge >= 0.3 is 0 Å². The number of ketones is 1. The van der Waals surface area contributed by atoms with Crippen LogP contribution in [0.1, 0.15) is 38.2 Å². The first-order valence-corrected chi connectivity index (χ1v) is 15.6.